The number of hydrogen-bond acceptors (Lipinski definition) is 5. The van der Waals surface area contributed by atoms with Gasteiger partial charge in [0.2, 0.25) is 0 Å². The molecule has 1 aromatic rings. The van der Waals surface area contributed by atoms with E-state index in [9.17, 15) is 14.9 Å². The molecule has 0 bridgehead atoms. The first-order valence-corrected chi connectivity index (χ1v) is 4.10. The third-order valence-corrected chi connectivity index (χ3v) is 2.01. The minimum Gasteiger partial charge on any atom is -0.465 e. The van der Waals surface area contributed by atoms with E-state index in [1.54, 1.807) is 6.92 Å². The van der Waals surface area contributed by atoms with E-state index in [1.807, 2.05) is 0 Å². The van der Waals surface area contributed by atoms with Crippen LogP contribution in [0.3, 0.4) is 0 Å². The Kier molecular flexibility index (Phi) is 2.89. The maximum atomic E-state index is 11.2. The quantitative estimate of drug-likeness (QED) is 0.343. The number of rotatable bonds is 2. The van der Waals surface area contributed by atoms with Crippen LogP contribution in [0, 0.1) is 17.0 Å². The fourth-order valence-corrected chi connectivity index (χ4v) is 1.25. The van der Waals surface area contributed by atoms with E-state index in [4.69, 9.17) is 5.73 Å². The predicted octanol–water partition coefficient (Wildman–Crippen LogP) is 1.27. The predicted molar refractivity (Wildman–Crippen MR) is 53.6 cm³/mol. The van der Waals surface area contributed by atoms with Gasteiger partial charge < -0.3 is 10.5 Å². The zero-order valence-corrected chi connectivity index (χ0v) is 8.31. The molecule has 1 rings (SSSR count). The van der Waals surface area contributed by atoms with E-state index in [0.717, 1.165) is 0 Å². The number of benzene rings is 1. The number of ether oxygens (including phenoxy) is 1. The van der Waals surface area contributed by atoms with Gasteiger partial charge in [-0.2, -0.15) is 0 Å². The first kappa shape index (κ1) is 11.0. The fraction of sp³-hybridized carbons (Fsp3) is 0.222. The van der Waals surface area contributed by atoms with Gasteiger partial charge in [-0.15, -0.1) is 0 Å². The normalized spacial score (nSPS) is 9.73. The van der Waals surface area contributed by atoms with Crippen molar-refractivity contribution in [2.24, 2.45) is 0 Å². The highest BCUT2D eigenvalue weighted by Crippen LogP contribution is 2.29. The average Bonchev–Trinajstić information content (AvgIpc) is 2.16. The minimum absolute atomic E-state index is 0.00907. The lowest BCUT2D eigenvalue weighted by Gasteiger charge is -2.05. The lowest BCUT2D eigenvalue weighted by Crippen LogP contribution is -2.08. The second kappa shape index (κ2) is 3.95. The van der Waals surface area contributed by atoms with Crippen molar-refractivity contribution in [3.63, 3.8) is 0 Å². The van der Waals surface area contributed by atoms with Crippen molar-refractivity contribution in [1.82, 2.24) is 0 Å². The number of anilines is 1. The molecule has 80 valence electrons. The van der Waals surface area contributed by atoms with Crippen molar-refractivity contribution in [2.75, 3.05) is 12.8 Å². The zero-order chi connectivity index (χ0) is 11.6. The number of nitrogens with zero attached hydrogens (tertiary/aromatic N) is 1. The van der Waals surface area contributed by atoms with Gasteiger partial charge in [0, 0.05) is 5.56 Å². The number of nitrogen functional groups attached to an aromatic ring is 1. The van der Waals surface area contributed by atoms with Crippen molar-refractivity contribution < 1.29 is 14.5 Å². The van der Waals surface area contributed by atoms with Gasteiger partial charge in [0.15, 0.2) is 0 Å². The first-order chi connectivity index (χ1) is 6.99. The van der Waals surface area contributed by atoms with E-state index < -0.39 is 10.9 Å². The van der Waals surface area contributed by atoms with Gasteiger partial charge in [-0.1, -0.05) is 6.07 Å². The van der Waals surface area contributed by atoms with E-state index >= 15 is 0 Å². The van der Waals surface area contributed by atoms with Gasteiger partial charge in [-0.05, 0) is 13.0 Å². The molecule has 0 heterocycles. The van der Waals surface area contributed by atoms with Crippen LogP contribution in [0.4, 0.5) is 11.4 Å². The number of esters is 1. The third kappa shape index (κ3) is 1.88. The summed E-state index contributed by atoms with van der Waals surface area (Å²) in [4.78, 5) is 21.3. The van der Waals surface area contributed by atoms with Crippen molar-refractivity contribution in [1.29, 1.82) is 0 Å². The number of nitro benzene ring substituents is 1. The SMILES string of the molecule is COC(=O)c1ccc(C)c([N+](=O)[O-])c1N. The molecule has 2 N–H and O–H groups in total. The van der Waals surface area contributed by atoms with Crippen LogP contribution in [0.25, 0.3) is 0 Å². The third-order valence-electron chi connectivity index (χ3n) is 2.01. The van der Waals surface area contributed by atoms with E-state index in [2.05, 4.69) is 4.74 Å². The summed E-state index contributed by atoms with van der Waals surface area (Å²) in [6.07, 6.45) is 0. The van der Waals surface area contributed by atoms with Crippen molar-refractivity contribution in [3.05, 3.63) is 33.4 Å². The Morgan fingerprint density at radius 3 is 2.60 bits per heavy atom. The van der Waals surface area contributed by atoms with Crippen LogP contribution in [0.15, 0.2) is 12.1 Å². The molecular formula is C9H10N2O4. The molecule has 0 aliphatic rings. The van der Waals surface area contributed by atoms with Gasteiger partial charge in [0.1, 0.15) is 5.69 Å². The average molecular weight is 210 g/mol. The van der Waals surface area contributed by atoms with Crippen LogP contribution in [0.1, 0.15) is 15.9 Å². The summed E-state index contributed by atoms with van der Waals surface area (Å²) in [5.41, 5.74) is 5.52. The minimum atomic E-state index is -0.685. The van der Waals surface area contributed by atoms with Crippen molar-refractivity contribution in [3.8, 4) is 0 Å². The molecule has 0 aliphatic carbocycles. The molecule has 0 aliphatic heterocycles. The van der Waals surface area contributed by atoms with E-state index in [1.165, 1.54) is 19.2 Å². The van der Waals surface area contributed by atoms with Crippen LogP contribution in [-0.4, -0.2) is 18.0 Å². The van der Waals surface area contributed by atoms with Crippen LogP contribution < -0.4 is 5.73 Å². The van der Waals surface area contributed by atoms with Crippen LogP contribution >= 0.6 is 0 Å². The Morgan fingerprint density at radius 1 is 1.53 bits per heavy atom. The summed E-state index contributed by atoms with van der Waals surface area (Å²) >= 11 is 0. The number of hydrogen-bond donors (Lipinski definition) is 1. The van der Waals surface area contributed by atoms with Gasteiger partial charge in [-0.3, -0.25) is 10.1 Å². The molecule has 0 saturated heterocycles. The molecule has 1 aromatic carbocycles. The first-order valence-electron chi connectivity index (χ1n) is 4.10. The molecule has 0 saturated carbocycles. The molecule has 0 atom stereocenters. The number of carbonyl (C=O) groups is 1. The Morgan fingerprint density at radius 2 is 2.13 bits per heavy atom. The van der Waals surface area contributed by atoms with Gasteiger partial charge in [-0.25, -0.2) is 4.79 Å². The highest BCUT2D eigenvalue weighted by molar-refractivity contribution is 5.97. The Hall–Kier alpha value is -2.11. The van der Waals surface area contributed by atoms with Crippen molar-refractivity contribution >= 4 is 17.3 Å². The number of methoxy groups -OCH3 is 1. The zero-order valence-electron chi connectivity index (χ0n) is 8.31. The lowest BCUT2D eigenvalue weighted by atomic mass is 10.1. The Balaban J connectivity index is 3.41. The number of nitro groups is 1. The Bertz CT molecular complexity index is 428. The Labute approximate surface area is 85.8 Å². The van der Waals surface area contributed by atoms with Gasteiger partial charge >= 0.3 is 5.97 Å². The number of nitrogens with two attached hydrogens (primary N) is 1. The maximum absolute atomic E-state index is 11.2. The van der Waals surface area contributed by atoms with Crippen molar-refractivity contribution in [2.45, 2.75) is 6.92 Å². The van der Waals surface area contributed by atoms with Gasteiger partial charge in [0.05, 0.1) is 17.6 Å². The van der Waals surface area contributed by atoms with E-state index in [-0.39, 0.29) is 16.9 Å². The highest BCUT2D eigenvalue weighted by atomic mass is 16.6. The summed E-state index contributed by atoms with van der Waals surface area (Å²) in [5.74, 6) is -0.685. The summed E-state index contributed by atoms with van der Waals surface area (Å²) in [5, 5.41) is 10.7. The number of carbonyl (C=O) groups excluding carboxylic acids is 1. The monoisotopic (exact) mass is 210 g/mol. The number of aryl methyl sites for hydroxylation is 1. The van der Waals surface area contributed by atoms with Crippen LogP contribution in [0.5, 0.6) is 0 Å². The van der Waals surface area contributed by atoms with E-state index in [0.29, 0.717) is 5.56 Å². The largest absolute Gasteiger partial charge is 0.465 e. The fourth-order valence-electron chi connectivity index (χ4n) is 1.25. The molecule has 0 aromatic heterocycles. The summed E-state index contributed by atoms with van der Waals surface area (Å²) < 4.78 is 4.45. The summed E-state index contributed by atoms with van der Waals surface area (Å²) in [6, 6.07) is 2.87. The van der Waals surface area contributed by atoms with Crippen LogP contribution in [-0.2, 0) is 4.74 Å². The molecule has 15 heavy (non-hydrogen) atoms. The van der Waals surface area contributed by atoms with Crippen LogP contribution in [0.2, 0.25) is 0 Å². The molecular weight excluding hydrogens is 200 g/mol. The molecule has 0 amide bonds. The topological polar surface area (TPSA) is 95.5 Å². The molecule has 6 nitrogen and oxygen atoms in total. The highest BCUT2D eigenvalue weighted by Gasteiger charge is 2.22. The second-order valence-electron chi connectivity index (χ2n) is 2.94. The maximum Gasteiger partial charge on any atom is 0.340 e. The smallest absolute Gasteiger partial charge is 0.340 e. The molecule has 0 unspecified atom stereocenters. The lowest BCUT2D eigenvalue weighted by molar-refractivity contribution is -0.384. The molecule has 0 radical (unpaired) electrons. The standard InChI is InChI=1S/C9H10N2O4/c1-5-3-4-6(9(12)15-2)7(10)8(5)11(13)14/h3-4H,10H2,1-2H3. The molecule has 0 spiro atoms. The summed E-state index contributed by atoms with van der Waals surface area (Å²) in [7, 11) is 1.19. The second-order valence-corrected chi connectivity index (χ2v) is 2.94. The molecule has 0 fully saturated rings. The summed E-state index contributed by atoms with van der Waals surface area (Å²) in [6.45, 7) is 1.55. The molecule has 6 heteroatoms. The van der Waals surface area contributed by atoms with Gasteiger partial charge in [0.25, 0.3) is 5.69 Å².